The lowest BCUT2D eigenvalue weighted by molar-refractivity contribution is -0.127. The van der Waals surface area contributed by atoms with Crippen LogP contribution in [0.3, 0.4) is 0 Å². The van der Waals surface area contributed by atoms with Gasteiger partial charge in [0, 0.05) is 32.2 Å². The molecule has 1 aliphatic rings. The van der Waals surface area contributed by atoms with Gasteiger partial charge in [-0.3, -0.25) is 4.79 Å². The second-order valence-corrected chi connectivity index (χ2v) is 5.66. The molecule has 0 N–H and O–H groups in total. The highest BCUT2D eigenvalue weighted by Crippen LogP contribution is 2.20. The molecule has 1 aromatic heterocycles. The van der Waals surface area contributed by atoms with Gasteiger partial charge in [0.1, 0.15) is 17.2 Å². The van der Waals surface area contributed by atoms with Crippen molar-refractivity contribution in [3.05, 3.63) is 12.4 Å². The molecule has 1 amide bonds. The van der Waals surface area contributed by atoms with Crippen LogP contribution in [0.5, 0.6) is 0 Å². The molecule has 1 fully saturated rings. The first kappa shape index (κ1) is 16.0. The third kappa shape index (κ3) is 4.57. The lowest BCUT2D eigenvalue weighted by Gasteiger charge is -2.27. The van der Waals surface area contributed by atoms with Gasteiger partial charge in [-0.05, 0) is 13.8 Å². The summed E-state index contributed by atoms with van der Waals surface area (Å²) < 4.78 is 5.34. The Morgan fingerprint density at radius 1 is 1.33 bits per heavy atom. The van der Waals surface area contributed by atoms with Crippen molar-refractivity contribution < 1.29 is 9.53 Å². The summed E-state index contributed by atoms with van der Waals surface area (Å²) in [5.74, 6) is 1.48. The summed E-state index contributed by atoms with van der Waals surface area (Å²) >= 11 is 1.47. The van der Waals surface area contributed by atoms with Crippen molar-refractivity contribution >= 4 is 23.5 Å². The summed E-state index contributed by atoms with van der Waals surface area (Å²) in [7, 11) is 0. The Labute approximate surface area is 129 Å². The molecule has 0 bridgehead atoms. The Bertz CT molecular complexity index is 462. The number of ether oxygens (including phenoxy) is 1. The molecule has 6 nitrogen and oxygen atoms in total. The first-order valence-corrected chi connectivity index (χ1v) is 8.28. The molecule has 0 atom stereocenters. The van der Waals surface area contributed by atoms with Crippen molar-refractivity contribution in [2.45, 2.75) is 18.9 Å². The molecule has 2 heterocycles. The van der Waals surface area contributed by atoms with Gasteiger partial charge < -0.3 is 14.5 Å². The van der Waals surface area contributed by atoms with E-state index >= 15 is 0 Å². The Kier molecular flexibility index (Phi) is 6.25. The highest BCUT2D eigenvalue weighted by Gasteiger charge is 2.14. The van der Waals surface area contributed by atoms with E-state index in [1.165, 1.54) is 11.8 Å². The van der Waals surface area contributed by atoms with Crippen molar-refractivity contribution in [3.63, 3.8) is 0 Å². The minimum atomic E-state index is 0.150. The topological polar surface area (TPSA) is 58.6 Å². The Hall–Kier alpha value is -1.34. The smallest absolute Gasteiger partial charge is 0.232 e. The summed E-state index contributed by atoms with van der Waals surface area (Å²) in [5, 5.41) is 0.840. The predicted octanol–water partition coefficient (Wildman–Crippen LogP) is 1.27. The van der Waals surface area contributed by atoms with E-state index in [9.17, 15) is 4.79 Å². The molecule has 7 heteroatoms. The molecule has 0 saturated carbocycles. The maximum Gasteiger partial charge on any atom is 0.232 e. The quantitative estimate of drug-likeness (QED) is 0.583. The summed E-state index contributed by atoms with van der Waals surface area (Å²) in [5.41, 5.74) is 0. The fraction of sp³-hybridized carbons (Fsp3) is 0.643. The van der Waals surface area contributed by atoms with Crippen LogP contribution in [0.15, 0.2) is 17.4 Å². The standard InChI is InChI=1S/C14H22N4O2S/c1-3-17(4-2)14(19)10-21-13-9-12(15-11-16-13)18-5-7-20-8-6-18/h9,11H,3-8,10H2,1-2H3. The molecule has 0 radical (unpaired) electrons. The van der Waals surface area contributed by atoms with Crippen molar-refractivity contribution in [2.24, 2.45) is 0 Å². The van der Waals surface area contributed by atoms with E-state index in [2.05, 4.69) is 14.9 Å². The number of carbonyl (C=O) groups is 1. The molecular formula is C14H22N4O2S. The fourth-order valence-electron chi connectivity index (χ4n) is 2.18. The first-order chi connectivity index (χ1) is 10.2. The van der Waals surface area contributed by atoms with E-state index in [1.54, 1.807) is 6.33 Å². The zero-order valence-corrected chi connectivity index (χ0v) is 13.4. The third-order valence-corrected chi connectivity index (χ3v) is 4.33. The largest absolute Gasteiger partial charge is 0.378 e. The van der Waals surface area contributed by atoms with Crippen LogP contribution < -0.4 is 4.90 Å². The molecule has 0 aliphatic carbocycles. The highest BCUT2D eigenvalue weighted by atomic mass is 32.2. The molecule has 2 rings (SSSR count). The minimum Gasteiger partial charge on any atom is -0.378 e. The van der Waals surface area contributed by atoms with Gasteiger partial charge in [0.25, 0.3) is 0 Å². The Morgan fingerprint density at radius 2 is 2.05 bits per heavy atom. The maximum absolute atomic E-state index is 12.0. The van der Waals surface area contributed by atoms with E-state index < -0.39 is 0 Å². The molecule has 0 unspecified atom stereocenters. The summed E-state index contributed by atoms with van der Waals surface area (Å²) in [6, 6.07) is 1.95. The number of aromatic nitrogens is 2. The lowest BCUT2D eigenvalue weighted by Crippen LogP contribution is -2.36. The van der Waals surface area contributed by atoms with Crippen LogP contribution in [-0.4, -0.2) is 65.9 Å². The summed E-state index contributed by atoms with van der Waals surface area (Å²) in [4.78, 5) is 24.6. The number of hydrogen-bond donors (Lipinski definition) is 0. The minimum absolute atomic E-state index is 0.150. The molecule has 21 heavy (non-hydrogen) atoms. The van der Waals surface area contributed by atoms with Gasteiger partial charge in [0.2, 0.25) is 5.91 Å². The SMILES string of the molecule is CCN(CC)C(=O)CSc1cc(N2CCOCC2)ncn1. The molecule has 0 aromatic carbocycles. The van der Waals surface area contributed by atoms with Gasteiger partial charge >= 0.3 is 0 Å². The normalized spacial score (nSPS) is 15.0. The van der Waals surface area contributed by atoms with E-state index in [4.69, 9.17) is 4.74 Å². The summed E-state index contributed by atoms with van der Waals surface area (Å²) in [6.07, 6.45) is 1.56. The average molecular weight is 310 g/mol. The van der Waals surface area contributed by atoms with Crippen LogP contribution in [0.4, 0.5) is 5.82 Å². The maximum atomic E-state index is 12.0. The number of carbonyl (C=O) groups excluding carboxylic acids is 1. The van der Waals surface area contributed by atoms with E-state index in [1.807, 2.05) is 24.8 Å². The van der Waals surface area contributed by atoms with Gasteiger partial charge in [-0.1, -0.05) is 11.8 Å². The van der Waals surface area contributed by atoms with E-state index in [0.29, 0.717) is 5.75 Å². The molecule has 1 saturated heterocycles. The summed E-state index contributed by atoms with van der Waals surface area (Å²) in [6.45, 7) is 8.64. The van der Waals surface area contributed by atoms with Gasteiger partial charge in [0.15, 0.2) is 0 Å². The average Bonchev–Trinajstić information content (AvgIpc) is 2.55. The van der Waals surface area contributed by atoms with Crippen LogP contribution in [0.1, 0.15) is 13.8 Å². The van der Waals surface area contributed by atoms with Crippen molar-refractivity contribution in [1.82, 2.24) is 14.9 Å². The monoisotopic (exact) mass is 310 g/mol. The van der Waals surface area contributed by atoms with Gasteiger partial charge in [-0.15, -0.1) is 0 Å². The fourth-order valence-corrected chi connectivity index (χ4v) is 2.94. The van der Waals surface area contributed by atoms with Crippen LogP contribution in [0.25, 0.3) is 0 Å². The molecule has 0 spiro atoms. The highest BCUT2D eigenvalue weighted by molar-refractivity contribution is 7.99. The van der Waals surface area contributed by atoms with Crippen LogP contribution in [0, 0.1) is 0 Å². The number of nitrogens with zero attached hydrogens (tertiary/aromatic N) is 4. The molecule has 116 valence electrons. The lowest BCUT2D eigenvalue weighted by atomic mass is 10.4. The second-order valence-electron chi connectivity index (χ2n) is 4.67. The third-order valence-electron chi connectivity index (χ3n) is 3.42. The number of hydrogen-bond acceptors (Lipinski definition) is 6. The number of anilines is 1. The van der Waals surface area contributed by atoms with Crippen molar-refractivity contribution in [2.75, 3.05) is 50.0 Å². The van der Waals surface area contributed by atoms with Crippen molar-refractivity contribution in [3.8, 4) is 0 Å². The van der Waals surface area contributed by atoms with E-state index in [-0.39, 0.29) is 5.91 Å². The number of morpholine rings is 1. The Morgan fingerprint density at radius 3 is 2.71 bits per heavy atom. The zero-order valence-electron chi connectivity index (χ0n) is 12.6. The van der Waals surface area contributed by atoms with Crippen LogP contribution in [-0.2, 0) is 9.53 Å². The molecule has 1 aromatic rings. The number of thioether (sulfide) groups is 1. The van der Waals surface area contributed by atoms with Gasteiger partial charge in [-0.2, -0.15) is 0 Å². The van der Waals surface area contributed by atoms with Gasteiger partial charge in [-0.25, -0.2) is 9.97 Å². The molecule has 1 aliphatic heterocycles. The molecular weight excluding hydrogens is 288 g/mol. The van der Waals surface area contributed by atoms with Crippen LogP contribution >= 0.6 is 11.8 Å². The number of rotatable bonds is 6. The van der Waals surface area contributed by atoms with Crippen molar-refractivity contribution in [1.29, 1.82) is 0 Å². The second kappa shape index (κ2) is 8.19. The predicted molar refractivity (Wildman–Crippen MR) is 83.7 cm³/mol. The zero-order chi connectivity index (χ0) is 15.1. The van der Waals surface area contributed by atoms with Gasteiger partial charge in [0.05, 0.1) is 19.0 Å². The number of amides is 1. The van der Waals surface area contributed by atoms with E-state index in [0.717, 1.165) is 50.2 Å². The Balaban J connectivity index is 1.93. The van der Waals surface area contributed by atoms with Crippen LogP contribution in [0.2, 0.25) is 0 Å². The first-order valence-electron chi connectivity index (χ1n) is 7.30.